The standard InChI is InChI=1S/C17H19O2P/c1-3-17(19-4-2)20(18,15-11-7-5-8-12-15)16-13-9-6-10-14-16/h3,5-14,17H,1,4H2,2H3. The van der Waals surface area contributed by atoms with E-state index in [9.17, 15) is 4.57 Å². The molecule has 0 saturated carbocycles. The second kappa shape index (κ2) is 6.69. The molecular weight excluding hydrogens is 267 g/mol. The van der Waals surface area contributed by atoms with Gasteiger partial charge in [-0.25, -0.2) is 0 Å². The molecule has 0 aliphatic heterocycles. The van der Waals surface area contributed by atoms with Crippen LogP contribution >= 0.6 is 7.14 Å². The van der Waals surface area contributed by atoms with E-state index >= 15 is 0 Å². The number of rotatable bonds is 6. The molecule has 2 aromatic carbocycles. The molecule has 1 atom stereocenters. The molecule has 0 radical (unpaired) electrons. The Hall–Kier alpha value is -1.63. The van der Waals surface area contributed by atoms with Crippen molar-refractivity contribution >= 4 is 17.8 Å². The Morgan fingerprint density at radius 1 is 1.05 bits per heavy atom. The molecule has 0 amide bonds. The molecule has 0 aliphatic rings. The molecular formula is C17H19O2P. The van der Waals surface area contributed by atoms with Crippen LogP contribution < -0.4 is 10.6 Å². The molecule has 0 heterocycles. The molecule has 2 aromatic rings. The summed E-state index contributed by atoms with van der Waals surface area (Å²) in [6.07, 6.45) is 1.64. The highest BCUT2D eigenvalue weighted by molar-refractivity contribution is 7.79. The summed E-state index contributed by atoms with van der Waals surface area (Å²) in [4.78, 5) is 0. The van der Waals surface area contributed by atoms with E-state index in [-0.39, 0.29) is 0 Å². The second-order valence-corrected chi connectivity index (χ2v) is 7.27. The molecule has 0 N–H and O–H groups in total. The van der Waals surface area contributed by atoms with Crippen molar-refractivity contribution in [2.45, 2.75) is 12.8 Å². The van der Waals surface area contributed by atoms with Crippen molar-refractivity contribution in [3.05, 3.63) is 73.3 Å². The van der Waals surface area contributed by atoms with Gasteiger partial charge in [-0.3, -0.25) is 0 Å². The predicted molar refractivity (Wildman–Crippen MR) is 85.4 cm³/mol. The summed E-state index contributed by atoms with van der Waals surface area (Å²) < 4.78 is 19.4. The summed E-state index contributed by atoms with van der Waals surface area (Å²) in [5, 5.41) is 1.59. The molecule has 0 saturated heterocycles. The minimum absolute atomic E-state index is 0.500. The quantitative estimate of drug-likeness (QED) is 0.599. The van der Waals surface area contributed by atoms with Crippen molar-refractivity contribution in [1.82, 2.24) is 0 Å². The van der Waals surface area contributed by atoms with Gasteiger partial charge in [0.15, 0.2) is 7.14 Å². The smallest absolute Gasteiger partial charge is 0.174 e. The van der Waals surface area contributed by atoms with E-state index in [1.165, 1.54) is 0 Å². The molecule has 1 unspecified atom stereocenters. The van der Waals surface area contributed by atoms with Crippen molar-refractivity contribution in [3.8, 4) is 0 Å². The lowest BCUT2D eigenvalue weighted by molar-refractivity contribution is 0.147. The van der Waals surface area contributed by atoms with Crippen molar-refractivity contribution < 1.29 is 9.30 Å². The highest BCUT2D eigenvalue weighted by Gasteiger charge is 2.35. The Kier molecular flexibility index (Phi) is 4.94. The van der Waals surface area contributed by atoms with Crippen LogP contribution in [0.25, 0.3) is 0 Å². The third-order valence-corrected chi connectivity index (χ3v) is 6.38. The van der Waals surface area contributed by atoms with E-state index in [0.717, 1.165) is 10.6 Å². The highest BCUT2D eigenvalue weighted by atomic mass is 31.2. The summed E-state index contributed by atoms with van der Waals surface area (Å²) in [6, 6.07) is 19.0. The molecule has 0 aliphatic carbocycles. The minimum atomic E-state index is -2.89. The number of benzene rings is 2. The summed E-state index contributed by atoms with van der Waals surface area (Å²) in [6.45, 7) is 6.20. The first-order valence-electron chi connectivity index (χ1n) is 6.68. The Morgan fingerprint density at radius 3 is 1.85 bits per heavy atom. The van der Waals surface area contributed by atoms with E-state index in [1.54, 1.807) is 6.08 Å². The first kappa shape index (κ1) is 14.8. The van der Waals surface area contributed by atoms with Crippen LogP contribution in [-0.4, -0.2) is 12.5 Å². The van der Waals surface area contributed by atoms with Crippen molar-refractivity contribution in [1.29, 1.82) is 0 Å². The van der Waals surface area contributed by atoms with Gasteiger partial charge in [0, 0.05) is 17.2 Å². The Labute approximate surface area is 120 Å². The fourth-order valence-electron chi connectivity index (χ4n) is 2.23. The van der Waals surface area contributed by atoms with Gasteiger partial charge in [0.05, 0.1) is 0 Å². The van der Waals surface area contributed by atoms with Crippen LogP contribution in [0.2, 0.25) is 0 Å². The molecule has 0 bridgehead atoms. The van der Waals surface area contributed by atoms with Gasteiger partial charge in [-0.05, 0) is 6.92 Å². The molecule has 0 spiro atoms. The SMILES string of the molecule is C=CC(OCC)P(=O)(c1ccccc1)c1ccccc1. The van der Waals surface area contributed by atoms with Gasteiger partial charge in [-0.15, -0.1) is 6.58 Å². The number of hydrogen-bond donors (Lipinski definition) is 0. The fourth-order valence-corrected chi connectivity index (χ4v) is 5.01. The van der Waals surface area contributed by atoms with Crippen LogP contribution in [0.4, 0.5) is 0 Å². The zero-order valence-electron chi connectivity index (χ0n) is 11.6. The maximum Gasteiger partial charge on any atom is 0.174 e. The van der Waals surface area contributed by atoms with Crippen LogP contribution in [0.3, 0.4) is 0 Å². The maximum atomic E-state index is 13.7. The normalized spacial score (nSPS) is 12.8. The molecule has 104 valence electrons. The highest BCUT2D eigenvalue weighted by Crippen LogP contribution is 2.49. The molecule has 0 aromatic heterocycles. The lowest BCUT2D eigenvalue weighted by atomic mass is 10.4. The van der Waals surface area contributed by atoms with E-state index in [2.05, 4.69) is 6.58 Å². The fraction of sp³-hybridized carbons (Fsp3) is 0.176. The largest absolute Gasteiger partial charge is 0.366 e. The lowest BCUT2D eigenvalue weighted by Crippen LogP contribution is -2.26. The number of ether oxygens (including phenoxy) is 1. The van der Waals surface area contributed by atoms with E-state index < -0.39 is 13.0 Å². The average Bonchev–Trinajstić information content (AvgIpc) is 2.53. The van der Waals surface area contributed by atoms with Gasteiger partial charge in [0.25, 0.3) is 0 Å². The summed E-state index contributed by atoms with van der Waals surface area (Å²) in [7, 11) is -2.89. The zero-order chi connectivity index (χ0) is 14.4. The Bertz CT molecular complexity index is 549. The topological polar surface area (TPSA) is 26.3 Å². The first-order valence-corrected chi connectivity index (χ1v) is 8.46. The molecule has 0 fully saturated rings. The molecule has 20 heavy (non-hydrogen) atoms. The van der Waals surface area contributed by atoms with Crippen LogP contribution in [0, 0.1) is 0 Å². The molecule has 2 nitrogen and oxygen atoms in total. The van der Waals surface area contributed by atoms with Gasteiger partial charge >= 0.3 is 0 Å². The third kappa shape index (κ3) is 2.77. The Balaban J connectivity index is 2.60. The number of hydrogen-bond acceptors (Lipinski definition) is 2. The summed E-state index contributed by atoms with van der Waals surface area (Å²) >= 11 is 0. The van der Waals surface area contributed by atoms with Crippen molar-refractivity contribution in [2.24, 2.45) is 0 Å². The molecule has 3 heteroatoms. The maximum absolute atomic E-state index is 13.7. The van der Waals surface area contributed by atoms with Gasteiger partial charge in [0.2, 0.25) is 0 Å². The van der Waals surface area contributed by atoms with E-state index in [4.69, 9.17) is 4.74 Å². The van der Waals surface area contributed by atoms with E-state index in [0.29, 0.717) is 6.61 Å². The minimum Gasteiger partial charge on any atom is -0.366 e. The first-order chi connectivity index (χ1) is 9.73. The van der Waals surface area contributed by atoms with Crippen LogP contribution in [0.15, 0.2) is 73.3 Å². The van der Waals surface area contributed by atoms with Gasteiger partial charge in [-0.2, -0.15) is 0 Å². The van der Waals surface area contributed by atoms with Gasteiger partial charge in [-0.1, -0.05) is 66.7 Å². The lowest BCUT2D eigenvalue weighted by Gasteiger charge is -2.26. The van der Waals surface area contributed by atoms with Crippen LogP contribution in [0.1, 0.15) is 6.92 Å². The third-order valence-electron chi connectivity index (χ3n) is 3.18. The van der Waals surface area contributed by atoms with Crippen LogP contribution in [0.5, 0.6) is 0 Å². The predicted octanol–water partition coefficient (Wildman–Crippen LogP) is 3.55. The Morgan fingerprint density at radius 2 is 1.50 bits per heavy atom. The van der Waals surface area contributed by atoms with Crippen molar-refractivity contribution in [2.75, 3.05) is 6.61 Å². The monoisotopic (exact) mass is 286 g/mol. The van der Waals surface area contributed by atoms with Crippen LogP contribution in [-0.2, 0) is 9.30 Å². The zero-order valence-corrected chi connectivity index (χ0v) is 12.5. The summed E-state index contributed by atoms with van der Waals surface area (Å²) in [5.74, 6) is -0.503. The van der Waals surface area contributed by atoms with Crippen molar-refractivity contribution in [3.63, 3.8) is 0 Å². The van der Waals surface area contributed by atoms with E-state index in [1.807, 2.05) is 67.6 Å². The van der Waals surface area contributed by atoms with Gasteiger partial charge in [0.1, 0.15) is 5.85 Å². The second-order valence-electron chi connectivity index (χ2n) is 4.41. The summed E-state index contributed by atoms with van der Waals surface area (Å²) in [5.41, 5.74) is 0. The average molecular weight is 286 g/mol. The molecule has 2 rings (SSSR count). The van der Waals surface area contributed by atoms with Gasteiger partial charge < -0.3 is 9.30 Å².